The first-order chi connectivity index (χ1) is 12.7. The van der Waals surface area contributed by atoms with Crippen molar-refractivity contribution >= 4 is 44.8 Å². The smallest absolute Gasteiger partial charge is 0.253 e. The lowest BCUT2D eigenvalue weighted by Crippen LogP contribution is -2.35. The lowest BCUT2D eigenvalue weighted by molar-refractivity contribution is 0.0785. The number of fused-ring (bicyclic) bond motifs is 1. The van der Waals surface area contributed by atoms with Crippen LogP contribution in [-0.2, 0) is 23.0 Å². The molecule has 0 saturated heterocycles. The molecular weight excluding hydrogens is 407 g/mol. The number of carbonyl (C=O) groups excluding carboxylic acids is 1. The second-order valence-corrected chi connectivity index (χ2v) is 9.43. The van der Waals surface area contributed by atoms with Crippen molar-refractivity contribution in [1.82, 2.24) is 4.90 Å². The van der Waals surface area contributed by atoms with E-state index in [-0.39, 0.29) is 5.91 Å². The molecule has 27 heavy (non-hydrogen) atoms. The number of rotatable bonds is 4. The van der Waals surface area contributed by atoms with E-state index in [1.165, 1.54) is 10.6 Å². The van der Waals surface area contributed by atoms with Crippen molar-refractivity contribution in [2.75, 3.05) is 24.2 Å². The van der Waals surface area contributed by atoms with Crippen LogP contribution in [0.5, 0.6) is 0 Å². The minimum atomic E-state index is -3.33. The number of benzene rings is 2. The number of carbonyl (C=O) groups is 1. The van der Waals surface area contributed by atoms with Crippen LogP contribution in [0.1, 0.15) is 27.9 Å². The molecule has 0 atom stereocenters. The normalized spacial score (nSPS) is 14.0. The molecule has 0 saturated carbocycles. The molecule has 0 aromatic heterocycles. The van der Waals surface area contributed by atoms with Gasteiger partial charge in [0.1, 0.15) is 0 Å². The predicted molar refractivity (Wildman–Crippen MR) is 109 cm³/mol. The number of anilines is 1. The fourth-order valence-electron chi connectivity index (χ4n) is 3.24. The van der Waals surface area contributed by atoms with Gasteiger partial charge in [0, 0.05) is 35.7 Å². The Kier molecular flexibility index (Phi) is 5.70. The first-order valence-corrected chi connectivity index (χ1v) is 11.1. The monoisotopic (exact) mass is 426 g/mol. The Morgan fingerprint density at radius 2 is 1.93 bits per heavy atom. The second-order valence-electron chi connectivity index (χ2n) is 6.68. The minimum absolute atomic E-state index is 0.153. The highest BCUT2D eigenvalue weighted by Gasteiger charge is 2.25. The molecule has 5 nitrogen and oxygen atoms in total. The van der Waals surface area contributed by atoms with Gasteiger partial charge in [-0.05, 0) is 54.3 Å². The van der Waals surface area contributed by atoms with Crippen LogP contribution in [0.3, 0.4) is 0 Å². The number of aryl methyl sites for hydroxylation is 1. The summed E-state index contributed by atoms with van der Waals surface area (Å²) in [5.41, 5.74) is 2.86. The van der Waals surface area contributed by atoms with Crippen LogP contribution < -0.4 is 4.31 Å². The van der Waals surface area contributed by atoms with Gasteiger partial charge < -0.3 is 4.90 Å². The molecule has 0 radical (unpaired) electrons. The van der Waals surface area contributed by atoms with Gasteiger partial charge in [0.15, 0.2) is 0 Å². The van der Waals surface area contributed by atoms with E-state index in [1.54, 1.807) is 48.3 Å². The van der Waals surface area contributed by atoms with E-state index in [4.69, 9.17) is 23.2 Å². The minimum Gasteiger partial charge on any atom is -0.337 e. The Morgan fingerprint density at radius 1 is 1.19 bits per heavy atom. The van der Waals surface area contributed by atoms with Crippen molar-refractivity contribution in [3.63, 3.8) is 0 Å². The Bertz CT molecular complexity index is 992. The largest absolute Gasteiger partial charge is 0.337 e. The summed E-state index contributed by atoms with van der Waals surface area (Å²) in [6.45, 7) is 0.815. The maximum absolute atomic E-state index is 12.8. The van der Waals surface area contributed by atoms with Gasteiger partial charge in [-0.2, -0.15) is 0 Å². The molecule has 2 aromatic carbocycles. The maximum Gasteiger partial charge on any atom is 0.253 e. The van der Waals surface area contributed by atoms with Crippen molar-refractivity contribution in [1.29, 1.82) is 0 Å². The van der Waals surface area contributed by atoms with E-state index in [0.717, 1.165) is 24.0 Å². The number of halogens is 2. The van der Waals surface area contributed by atoms with Crippen LogP contribution in [0.15, 0.2) is 36.4 Å². The Hall–Kier alpha value is -1.76. The summed E-state index contributed by atoms with van der Waals surface area (Å²) in [6, 6.07) is 10.4. The van der Waals surface area contributed by atoms with E-state index in [2.05, 4.69) is 0 Å². The number of hydrogen-bond donors (Lipinski definition) is 0. The first kappa shape index (κ1) is 20.0. The molecule has 1 heterocycles. The lowest BCUT2D eigenvalue weighted by atomic mass is 10.00. The predicted octanol–water partition coefficient (Wildman–Crippen LogP) is 3.98. The molecule has 144 valence electrons. The van der Waals surface area contributed by atoms with Gasteiger partial charge in [0.25, 0.3) is 5.91 Å². The molecule has 1 aliphatic rings. The van der Waals surface area contributed by atoms with Gasteiger partial charge in [-0.3, -0.25) is 9.10 Å². The van der Waals surface area contributed by atoms with Crippen LogP contribution in [0.2, 0.25) is 10.0 Å². The quantitative estimate of drug-likeness (QED) is 0.742. The highest BCUT2D eigenvalue weighted by atomic mass is 35.5. The van der Waals surface area contributed by atoms with Crippen LogP contribution >= 0.6 is 23.2 Å². The van der Waals surface area contributed by atoms with Gasteiger partial charge >= 0.3 is 0 Å². The van der Waals surface area contributed by atoms with Crippen LogP contribution in [0.25, 0.3) is 0 Å². The molecular formula is C19H20Cl2N2O3S. The zero-order valence-corrected chi connectivity index (χ0v) is 17.4. The van der Waals surface area contributed by atoms with Crippen molar-refractivity contribution in [2.24, 2.45) is 0 Å². The van der Waals surface area contributed by atoms with Gasteiger partial charge in [0.2, 0.25) is 10.0 Å². The first-order valence-electron chi connectivity index (χ1n) is 8.47. The third kappa shape index (κ3) is 4.39. The summed E-state index contributed by atoms with van der Waals surface area (Å²) in [6.07, 6.45) is 2.67. The maximum atomic E-state index is 12.8. The van der Waals surface area contributed by atoms with Crippen LogP contribution in [0.4, 0.5) is 5.69 Å². The molecule has 0 fully saturated rings. The summed E-state index contributed by atoms with van der Waals surface area (Å²) in [5, 5.41) is 1.05. The molecule has 8 heteroatoms. The molecule has 1 aliphatic heterocycles. The Balaban J connectivity index is 1.83. The van der Waals surface area contributed by atoms with Gasteiger partial charge in [-0.1, -0.05) is 29.3 Å². The zero-order chi connectivity index (χ0) is 19.8. The van der Waals surface area contributed by atoms with E-state index in [1.807, 2.05) is 0 Å². The molecule has 2 aromatic rings. The van der Waals surface area contributed by atoms with E-state index in [9.17, 15) is 13.2 Å². The van der Waals surface area contributed by atoms with Gasteiger partial charge in [-0.15, -0.1) is 0 Å². The highest BCUT2D eigenvalue weighted by Crippen LogP contribution is 2.30. The van der Waals surface area contributed by atoms with Crippen LogP contribution in [0, 0.1) is 0 Å². The molecule has 0 spiro atoms. The zero-order valence-electron chi connectivity index (χ0n) is 15.1. The third-order valence-corrected chi connectivity index (χ3v) is 6.34. The Morgan fingerprint density at radius 3 is 2.59 bits per heavy atom. The Labute approximate surface area is 169 Å². The third-order valence-electron chi connectivity index (χ3n) is 4.57. The van der Waals surface area contributed by atoms with Crippen molar-refractivity contribution in [2.45, 2.75) is 19.4 Å². The number of sulfonamides is 1. The summed E-state index contributed by atoms with van der Waals surface area (Å²) in [4.78, 5) is 14.4. The van der Waals surface area contributed by atoms with Gasteiger partial charge in [-0.25, -0.2) is 8.42 Å². The summed E-state index contributed by atoms with van der Waals surface area (Å²) in [5.74, 6) is -0.153. The summed E-state index contributed by atoms with van der Waals surface area (Å²) < 4.78 is 25.3. The van der Waals surface area contributed by atoms with E-state index in [0.29, 0.717) is 34.4 Å². The molecule has 1 amide bonds. The van der Waals surface area contributed by atoms with Crippen molar-refractivity contribution in [3.8, 4) is 0 Å². The molecule has 3 rings (SSSR count). The fraction of sp³-hybridized carbons (Fsp3) is 0.316. The topological polar surface area (TPSA) is 57.7 Å². The molecule has 0 aliphatic carbocycles. The highest BCUT2D eigenvalue weighted by molar-refractivity contribution is 7.92. The standard InChI is InChI=1S/C19H20Cl2N2O3S/c1-22(12-15-5-7-16(20)11-17(15)21)19(24)14-6-8-18-13(10-14)4-3-9-23(18)27(2,25)26/h5-8,10-11H,3-4,9,12H2,1-2H3. The number of amides is 1. The molecule has 0 N–H and O–H groups in total. The fourth-order valence-corrected chi connectivity index (χ4v) is 4.70. The summed E-state index contributed by atoms with van der Waals surface area (Å²) in [7, 11) is -1.62. The van der Waals surface area contributed by atoms with Crippen molar-refractivity contribution < 1.29 is 13.2 Å². The van der Waals surface area contributed by atoms with Crippen molar-refractivity contribution in [3.05, 3.63) is 63.1 Å². The lowest BCUT2D eigenvalue weighted by Gasteiger charge is -2.29. The van der Waals surface area contributed by atoms with E-state index >= 15 is 0 Å². The van der Waals surface area contributed by atoms with Gasteiger partial charge in [0.05, 0.1) is 11.9 Å². The number of nitrogens with zero attached hydrogens (tertiary/aromatic N) is 2. The molecule has 0 unspecified atom stereocenters. The SMILES string of the molecule is CN(Cc1ccc(Cl)cc1Cl)C(=O)c1ccc2c(c1)CCCN2S(C)(=O)=O. The summed E-state index contributed by atoms with van der Waals surface area (Å²) >= 11 is 12.1. The second kappa shape index (κ2) is 7.70. The average Bonchev–Trinajstić information content (AvgIpc) is 2.61. The van der Waals surface area contributed by atoms with Crippen LogP contribution in [-0.4, -0.2) is 39.1 Å². The number of hydrogen-bond acceptors (Lipinski definition) is 3. The average molecular weight is 427 g/mol. The molecule has 0 bridgehead atoms. The van der Waals surface area contributed by atoms with E-state index < -0.39 is 10.0 Å².